The van der Waals surface area contributed by atoms with E-state index in [2.05, 4.69) is 5.32 Å². The zero-order valence-electron chi connectivity index (χ0n) is 20.9. The van der Waals surface area contributed by atoms with Gasteiger partial charge in [0.05, 0.1) is 18.1 Å². The van der Waals surface area contributed by atoms with E-state index in [0.717, 1.165) is 28.5 Å². The lowest BCUT2D eigenvalue weighted by Crippen LogP contribution is -2.27. The number of ether oxygens (including phenoxy) is 2. The third-order valence-electron chi connectivity index (χ3n) is 5.59. The van der Waals surface area contributed by atoms with Crippen molar-refractivity contribution >= 4 is 40.6 Å². The highest BCUT2D eigenvalue weighted by Crippen LogP contribution is 2.35. The smallest absolute Gasteiger partial charge is 0.293 e. The largest absolute Gasteiger partial charge is 0.490 e. The SMILES string of the molecule is CCOc1cc(/C=C2/SC(=O)N(Cc3ccc(C)cc3)C2=O)ccc1OCC(=O)Nc1ccc(C)cc1. The molecule has 0 spiro atoms. The van der Waals surface area contributed by atoms with E-state index >= 15 is 0 Å². The van der Waals surface area contributed by atoms with Crippen LogP contribution in [0.1, 0.15) is 29.2 Å². The van der Waals surface area contributed by atoms with Gasteiger partial charge >= 0.3 is 0 Å². The first-order chi connectivity index (χ1) is 17.8. The van der Waals surface area contributed by atoms with Crippen LogP contribution in [0.4, 0.5) is 10.5 Å². The summed E-state index contributed by atoms with van der Waals surface area (Å²) in [6.45, 7) is 6.23. The molecule has 3 aromatic rings. The molecule has 1 aliphatic rings. The molecule has 0 saturated carbocycles. The van der Waals surface area contributed by atoms with E-state index in [-0.39, 0.29) is 30.2 Å². The standard InChI is InChI=1S/C29H28N2O5S/c1-4-35-25-15-22(11-14-24(25)36-18-27(32)30-23-12-7-20(3)8-13-23)16-26-28(33)31(29(34)37-26)17-21-9-5-19(2)6-10-21/h5-16H,4,17-18H2,1-3H3,(H,30,32)/b26-16+. The second-order valence-electron chi connectivity index (χ2n) is 8.60. The van der Waals surface area contributed by atoms with Crippen molar-refractivity contribution in [3.8, 4) is 11.5 Å². The first-order valence-corrected chi connectivity index (χ1v) is 12.7. The predicted molar refractivity (Wildman–Crippen MR) is 146 cm³/mol. The zero-order chi connectivity index (χ0) is 26.4. The van der Waals surface area contributed by atoms with Crippen molar-refractivity contribution < 1.29 is 23.9 Å². The highest BCUT2D eigenvalue weighted by Gasteiger charge is 2.35. The van der Waals surface area contributed by atoms with Gasteiger partial charge in [0, 0.05) is 5.69 Å². The van der Waals surface area contributed by atoms with Gasteiger partial charge in [0.2, 0.25) is 0 Å². The number of imide groups is 1. The molecular weight excluding hydrogens is 488 g/mol. The molecule has 4 rings (SSSR count). The Morgan fingerprint density at radius 1 is 0.919 bits per heavy atom. The van der Waals surface area contributed by atoms with E-state index < -0.39 is 0 Å². The van der Waals surface area contributed by atoms with E-state index in [1.165, 1.54) is 4.90 Å². The number of hydrogen-bond acceptors (Lipinski definition) is 6. The molecule has 8 heteroatoms. The van der Waals surface area contributed by atoms with Gasteiger partial charge in [-0.1, -0.05) is 53.6 Å². The monoisotopic (exact) mass is 516 g/mol. The number of aryl methyl sites for hydroxylation is 2. The predicted octanol–water partition coefficient (Wildman–Crippen LogP) is 5.96. The molecule has 1 saturated heterocycles. The number of rotatable bonds is 9. The summed E-state index contributed by atoms with van der Waals surface area (Å²) in [5.41, 5.74) is 4.48. The van der Waals surface area contributed by atoms with E-state index in [1.807, 2.05) is 69.3 Å². The van der Waals surface area contributed by atoms with Crippen molar-refractivity contribution in [3.63, 3.8) is 0 Å². The highest BCUT2D eigenvalue weighted by atomic mass is 32.2. The Kier molecular flexibility index (Phi) is 8.30. The van der Waals surface area contributed by atoms with Gasteiger partial charge in [-0.3, -0.25) is 19.3 Å². The van der Waals surface area contributed by atoms with Crippen molar-refractivity contribution in [1.29, 1.82) is 0 Å². The van der Waals surface area contributed by atoms with Gasteiger partial charge in [0.15, 0.2) is 18.1 Å². The van der Waals surface area contributed by atoms with Gasteiger partial charge in [0.25, 0.3) is 17.1 Å². The summed E-state index contributed by atoms with van der Waals surface area (Å²) in [5, 5.41) is 2.49. The Hall–Kier alpha value is -4.04. The van der Waals surface area contributed by atoms with Crippen molar-refractivity contribution in [2.24, 2.45) is 0 Å². The summed E-state index contributed by atoms with van der Waals surface area (Å²) in [6.07, 6.45) is 1.66. The molecule has 190 valence electrons. The molecule has 0 radical (unpaired) electrons. The maximum Gasteiger partial charge on any atom is 0.293 e. The minimum atomic E-state index is -0.332. The second kappa shape index (κ2) is 11.8. The summed E-state index contributed by atoms with van der Waals surface area (Å²) in [6, 6.07) is 20.4. The third-order valence-corrected chi connectivity index (χ3v) is 6.50. The average Bonchev–Trinajstić information content (AvgIpc) is 3.13. The van der Waals surface area contributed by atoms with E-state index in [0.29, 0.717) is 34.3 Å². The Morgan fingerprint density at radius 3 is 2.27 bits per heavy atom. The minimum Gasteiger partial charge on any atom is -0.490 e. The maximum atomic E-state index is 12.9. The fraction of sp³-hybridized carbons (Fsp3) is 0.207. The number of carbonyl (C=O) groups excluding carboxylic acids is 3. The van der Waals surface area contributed by atoms with Crippen LogP contribution in [0.3, 0.4) is 0 Å². The lowest BCUT2D eigenvalue weighted by atomic mass is 10.1. The number of nitrogens with zero attached hydrogens (tertiary/aromatic N) is 1. The number of amides is 3. The molecule has 3 amide bonds. The molecular formula is C29H28N2O5S. The fourth-order valence-electron chi connectivity index (χ4n) is 3.64. The van der Waals surface area contributed by atoms with Crippen LogP contribution in [0.2, 0.25) is 0 Å². The van der Waals surface area contributed by atoms with Gasteiger partial charge in [0.1, 0.15) is 0 Å². The highest BCUT2D eigenvalue weighted by molar-refractivity contribution is 8.18. The first-order valence-electron chi connectivity index (χ1n) is 11.9. The van der Waals surface area contributed by atoms with Gasteiger partial charge in [-0.25, -0.2) is 0 Å². The summed E-state index contributed by atoms with van der Waals surface area (Å²) in [7, 11) is 0. The Balaban J connectivity index is 1.43. The average molecular weight is 517 g/mol. The van der Waals surface area contributed by atoms with Crippen LogP contribution >= 0.6 is 11.8 Å². The lowest BCUT2D eigenvalue weighted by Gasteiger charge is -2.13. The number of nitrogens with one attached hydrogen (secondary N) is 1. The van der Waals surface area contributed by atoms with Crippen LogP contribution in [-0.4, -0.2) is 35.2 Å². The molecule has 0 aliphatic carbocycles. The van der Waals surface area contributed by atoms with E-state index in [9.17, 15) is 14.4 Å². The molecule has 1 fully saturated rings. The molecule has 0 aromatic heterocycles. The number of thioether (sulfide) groups is 1. The van der Waals surface area contributed by atoms with Crippen molar-refractivity contribution in [2.75, 3.05) is 18.5 Å². The second-order valence-corrected chi connectivity index (χ2v) is 9.59. The number of carbonyl (C=O) groups is 3. The summed E-state index contributed by atoms with van der Waals surface area (Å²) < 4.78 is 11.4. The van der Waals surface area contributed by atoms with Crippen molar-refractivity contribution in [1.82, 2.24) is 4.90 Å². The van der Waals surface area contributed by atoms with Crippen LogP contribution in [0, 0.1) is 13.8 Å². The number of hydrogen-bond donors (Lipinski definition) is 1. The summed E-state index contributed by atoms with van der Waals surface area (Å²) in [5.74, 6) is 0.225. The molecule has 37 heavy (non-hydrogen) atoms. The van der Waals surface area contributed by atoms with Gasteiger partial charge in [-0.05, 0) is 74.0 Å². The van der Waals surface area contributed by atoms with Gasteiger partial charge in [-0.2, -0.15) is 0 Å². The quantitative estimate of drug-likeness (QED) is 0.354. The normalized spacial score (nSPS) is 14.2. The molecule has 0 atom stereocenters. The van der Waals surface area contributed by atoms with Crippen LogP contribution in [0.25, 0.3) is 6.08 Å². The number of anilines is 1. The lowest BCUT2D eigenvalue weighted by molar-refractivity contribution is -0.123. The molecule has 1 N–H and O–H groups in total. The first kappa shape index (κ1) is 26.0. The van der Waals surface area contributed by atoms with E-state index in [4.69, 9.17) is 9.47 Å². The number of benzene rings is 3. The van der Waals surface area contributed by atoms with Crippen molar-refractivity contribution in [2.45, 2.75) is 27.3 Å². The van der Waals surface area contributed by atoms with Crippen molar-refractivity contribution in [3.05, 3.63) is 93.9 Å². The Bertz CT molecular complexity index is 1330. The Morgan fingerprint density at radius 2 is 1.59 bits per heavy atom. The molecule has 1 heterocycles. The van der Waals surface area contributed by atoms with E-state index in [1.54, 1.807) is 24.3 Å². The molecule has 0 bridgehead atoms. The minimum absolute atomic E-state index is 0.189. The zero-order valence-corrected chi connectivity index (χ0v) is 21.8. The Labute approximate surface area is 220 Å². The van der Waals surface area contributed by atoms with Gasteiger partial charge in [-0.15, -0.1) is 0 Å². The molecule has 0 unspecified atom stereocenters. The topological polar surface area (TPSA) is 84.9 Å². The van der Waals surface area contributed by atoms with Crippen LogP contribution in [0.15, 0.2) is 71.6 Å². The third kappa shape index (κ3) is 6.80. The van der Waals surface area contributed by atoms with Crippen LogP contribution in [-0.2, 0) is 16.1 Å². The molecule has 7 nitrogen and oxygen atoms in total. The maximum absolute atomic E-state index is 12.9. The molecule has 3 aromatic carbocycles. The van der Waals surface area contributed by atoms with Crippen LogP contribution < -0.4 is 14.8 Å². The summed E-state index contributed by atoms with van der Waals surface area (Å²) in [4.78, 5) is 39.4. The summed E-state index contributed by atoms with van der Waals surface area (Å²) >= 11 is 0.912. The fourth-order valence-corrected chi connectivity index (χ4v) is 4.48. The van der Waals surface area contributed by atoms with Gasteiger partial charge < -0.3 is 14.8 Å². The molecule has 1 aliphatic heterocycles. The van der Waals surface area contributed by atoms with Crippen LogP contribution in [0.5, 0.6) is 11.5 Å².